The number of hydrogen-bond acceptors (Lipinski definition) is 5. The van der Waals surface area contributed by atoms with Crippen LogP contribution in [0.1, 0.15) is 53.1 Å². The van der Waals surface area contributed by atoms with Crippen LogP contribution in [0.25, 0.3) is 0 Å². The lowest BCUT2D eigenvalue weighted by atomic mass is 9.95. The van der Waals surface area contributed by atoms with Crippen molar-refractivity contribution in [1.82, 2.24) is 0 Å². The number of aryl methyl sites for hydroxylation is 2. The highest BCUT2D eigenvalue weighted by Crippen LogP contribution is 2.38. The molecule has 1 heterocycles. The number of fused-ring (bicyclic) bond motifs is 1. The normalized spacial score (nSPS) is 14.2. The Bertz CT molecular complexity index is 825. The number of hydrogen-bond donors (Lipinski definition) is 1. The number of rotatable bonds is 6. The molecular formula is C21H25NO4S. The summed E-state index contributed by atoms with van der Waals surface area (Å²) in [5.74, 6) is -0.0275. The van der Waals surface area contributed by atoms with Gasteiger partial charge in [-0.15, -0.1) is 11.3 Å². The quantitative estimate of drug-likeness (QED) is 0.747. The van der Waals surface area contributed by atoms with E-state index in [0.29, 0.717) is 16.3 Å². The number of benzene rings is 1. The van der Waals surface area contributed by atoms with Crippen LogP contribution in [0.5, 0.6) is 5.75 Å². The molecule has 1 aliphatic rings. The van der Waals surface area contributed by atoms with Gasteiger partial charge in [0.05, 0.1) is 12.7 Å². The Morgan fingerprint density at radius 2 is 1.89 bits per heavy atom. The number of esters is 1. The summed E-state index contributed by atoms with van der Waals surface area (Å²) in [6, 6.07) is 7.71. The average Bonchev–Trinajstić information content (AvgIpc) is 3.05. The zero-order valence-corrected chi connectivity index (χ0v) is 16.8. The van der Waals surface area contributed by atoms with Gasteiger partial charge in [-0.3, -0.25) is 4.79 Å². The van der Waals surface area contributed by atoms with Gasteiger partial charge < -0.3 is 14.8 Å². The lowest BCUT2D eigenvalue weighted by Crippen LogP contribution is -2.30. The molecular weight excluding hydrogens is 362 g/mol. The molecule has 0 fully saturated rings. The highest BCUT2D eigenvalue weighted by molar-refractivity contribution is 7.17. The van der Waals surface area contributed by atoms with Gasteiger partial charge in [0.25, 0.3) is 5.91 Å². The SMILES string of the molecule is CCc1ccc(O[C@H](C)C(=O)Nc2sc3c(c2C(=O)OC)CCCC3)cc1. The molecule has 2 aromatic rings. The first-order chi connectivity index (χ1) is 13.0. The Hall–Kier alpha value is -2.34. The number of methoxy groups -OCH3 is 1. The molecule has 5 nitrogen and oxygen atoms in total. The van der Waals surface area contributed by atoms with Crippen molar-refractivity contribution in [3.8, 4) is 5.75 Å². The number of carbonyl (C=O) groups is 2. The number of anilines is 1. The van der Waals surface area contributed by atoms with E-state index in [4.69, 9.17) is 9.47 Å². The van der Waals surface area contributed by atoms with E-state index in [0.717, 1.165) is 37.7 Å². The summed E-state index contributed by atoms with van der Waals surface area (Å²) in [7, 11) is 1.37. The molecule has 27 heavy (non-hydrogen) atoms. The summed E-state index contributed by atoms with van der Waals surface area (Å²) in [4.78, 5) is 26.1. The second-order valence-electron chi connectivity index (χ2n) is 6.65. The molecule has 1 N–H and O–H groups in total. The van der Waals surface area contributed by atoms with E-state index in [1.807, 2.05) is 24.3 Å². The third kappa shape index (κ3) is 4.33. The predicted molar refractivity (Wildman–Crippen MR) is 107 cm³/mol. The van der Waals surface area contributed by atoms with Gasteiger partial charge in [-0.05, 0) is 62.3 Å². The molecule has 0 spiro atoms. The molecule has 3 rings (SSSR count). The van der Waals surface area contributed by atoms with Crippen LogP contribution in [-0.4, -0.2) is 25.1 Å². The van der Waals surface area contributed by atoms with Crippen molar-refractivity contribution in [1.29, 1.82) is 0 Å². The zero-order chi connectivity index (χ0) is 19.4. The largest absolute Gasteiger partial charge is 0.481 e. The number of carbonyl (C=O) groups excluding carboxylic acids is 2. The van der Waals surface area contributed by atoms with Crippen molar-refractivity contribution < 1.29 is 19.1 Å². The van der Waals surface area contributed by atoms with E-state index >= 15 is 0 Å². The minimum atomic E-state index is -0.679. The number of ether oxygens (including phenoxy) is 2. The molecule has 0 saturated heterocycles. The van der Waals surface area contributed by atoms with Crippen LogP contribution in [0, 0.1) is 0 Å². The fourth-order valence-electron chi connectivity index (χ4n) is 3.25. The van der Waals surface area contributed by atoms with E-state index < -0.39 is 12.1 Å². The maximum absolute atomic E-state index is 12.6. The van der Waals surface area contributed by atoms with Crippen LogP contribution in [0.15, 0.2) is 24.3 Å². The fraction of sp³-hybridized carbons (Fsp3) is 0.429. The predicted octanol–water partition coefficient (Wildman–Crippen LogP) is 4.38. The van der Waals surface area contributed by atoms with Gasteiger partial charge in [-0.1, -0.05) is 19.1 Å². The molecule has 1 aliphatic carbocycles. The summed E-state index contributed by atoms with van der Waals surface area (Å²) in [5.41, 5.74) is 2.74. The summed E-state index contributed by atoms with van der Waals surface area (Å²) in [5, 5.41) is 3.44. The lowest BCUT2D eigenvalue weighted by Gasteiger charge is -2.15. The Morgan fingerprint density at radius 1 is 1.19 bits per heavy atom. The third-order valence-electron chi connectivity index (χ3n) is 4.81. The summed E-state index contributed by atoms with van der Waals surface area (Å²) < 4.78 is 10.7. The summed E-state index contributed by atoms with van der Waals surface area (Å²) in [6.45, 7) is 3.79. The van der Waals surface area contributed by atoms with E-state index in [1.165, 1.54) is 28.9 Å². The first kappa shape index (κ1) is 19.4. The van der Waals surface area contributed by atoms with Crippen molar-refractivity contribution in [3.63, 3.8) is 0 Å². The van der Waals surface area contributed by atoms with Gasteiger partial charge in [0.15, 0.2) is 6.10 Å². The van der Waals surface area contributed by atoms with Crippen molar-refractivity contribution >= 4 is 28.2 Å². The number of thiophene rings is 1. The smallest absolute Gasteiger partial charge is 0.341 e. The van der Waals surface area contributed by atoms with Crippen LogP contribution in [0.2, 0.25) is 0 Å². The van der Waals surface area contributed by atoms with Crippen molar-refractivity contribution in [2.75, 3.05) is 12.4 Å². The molecule has 0 unspecified atom stereocenters. The van der Waals surface area contributed by atoms with E-state index in [9.17, 15) is 9.59 Å². The van der Waals surface area contributed by atoms with Gasteiger partial charge in [0.1, 0.15) is 10.8 Å². The Morgan fingerprint density at radius 3 is 2.56 bits per heavy atom. The first-order valence-electron chi connectivity index (χ1n) is 9.32. The Kier molecular flexibility index (Phi) is 6.16. The van der Waals surface area contributed by atoms with Crippen LogP contribution in [0.3, 0.4) is 0 Å². The van der Waals surface area contributed by atoms with E-state index in [2.05, 4.69) is 12.2 Å². The highest BCUT2D eigenvalue weighted by Gasteiger charge is 2.28. The fourth-order valence-corrected chi connectivity index (χ4v) is 4.53. The third-order valence-corrected chi connectivity index (χ3v) is 6.02. The molecule has 1 atom stereocenters. The van der Waals surface area contributed by atoms with Crippen LogP contribution in [0.4, 0.5) is 5.00 Å². The van der Waals surface area contributed by atoms with Crippen molar-refractivity contribution in [2.24, 2.45) is 0 Å². The number of amides is 1. The van der Waals surface area contributed by atoms with Crippen LogP contribution < -0.4 is 10.1 Å². The van der Waals surface area contributed by atoms with Crippen LogP contribution in [-0.2, 0) is 28.8 Å². The maximum Gasteiger partial charge on any atom is 0.341 e. The topological polar surface area (TPSA) is 64.6 Å². The average molecular weight is 388 g/mol. The van der Waals surface area contributed by atoms with E-state index in [-0.39, 0.29) is 5.91 Å². The molecule has 6 heteroatoms. The Balaban J connectivity index is 1.74. The van der Waals surface area contributed by atoms with Gasteiger partial charge >= 0.3 is 5.97 Å². The van der Waals surface area contributed by atoms with Crippen molar-refractivity contribution in [2.45, 2.75) is 52.1 Å². The second-order valence-corrected chi connectivity index (χ2v) is 7.76. The minimum Gasteiger partial charge on any atom is -0.481 e. The molecule has 1 aromatic carbocycles. The molecule has 0 radical (unpaired) electrons. The van der Waals surface area contributed by atoms with Gasteiger partial charge in [0.2, 0.25) is 0 Å². The second kappa shape index (κ2) is 8.57. The minimum absolute atomic E-state index is 0.279. The first-order valence-corrected chi connectivity index (χ1v) is 10.1. The van der Waals surface area contributed by atoms with Gasteiger partial charge in [0, 0.05) is 4.88 Å². The van der Waals surface area contributed by atoms with Gasteiger partial charge in [-0.2, -0.15) is 0 Å². The van der Waals surface area contributed by atoms with Gasteiger partial charge in [-0.25, -0.2) is 4.79 Å². The highest BCUT2D eigenvalue weighted by atomic mass is 32.1. The Labute approximate surface area is 163 Å². The summed E-state index contributed by atoms with van der Waals surface area (Å²) >= 11 is 1.47. The standard InChI is InChI=1S/C21H25NO4S/c1-4-14-9-11-15(12-10-14)26-13(2)19(23)22-20-18(21(24)25-3)16-7-5-6-8-17(16)27-20/h9-13H,4-8H2,1-3H3,(H,22,23)/t13-/m1/s1. The molecule has 1 aromatic heterocycles. The van der Waals surface area contributed by atoms with E-state index in [1.54, 1.807) is 6.92 Å². The molecule has 0 aliphatic heterocycles. The molecule has 144 valence electrons. The molecule has 1 amide bonds. The maximum atomic E-state index is 12.6. The number of nitrogens with one attached hydrogen (secondary N) is 1. The molecule has 0 saturated carbocycles. The zero-order valence-electron chi connectivity index (χ0n) is 16.0. The lowest BCUT2D eigenvalue weighted by molar-refractivity contribution is -0.122. The summed E-state index contributed by atoms with van der Waals surface area (Å²) in [6.07, 6.45) is 4.22. The molecule has 0 bridgehead atoms. The monoisotopic (exact) mass is 387 g/mol. The van der Waals surface area contributed by atoms with Crippen molar-refractivity contribution in [3.05, 3.63) is 45.8 Å². The van der Waals surface area contributed by atoms with Crippen LogP contribution >= 0.6 is 11.3 Å².